The lowest BCUT2D eigenvalue weighted by molar-refractivity contribution is 0.101. The quantitative estimate of drug-likeness (QED) is 0.735. The highest BCUT2D eigenvalue weighted by Gasteiger charge is 2.40. The van der Waals surface area contributed by atoms with Crippen molar-refractivity contribution in [1.82, 2.24) is 0 Å². The van der Waals surface area contributed by atoms with Crippen LogP contribution in [0.3, 0.4) is 0 Å². The fourth-order valence-corrected chi connectivity index (χ4v) is 2.16. The summed E-state index contributed by atoms with van der Waals surface area (Å²) in [5.41, 5.74) is 0.919. The van der Waals surface area contributed by atoms with E-state index in [9.17, 15) is 14.3 Å². The third-order valence-corrected chi connectivity index (χ3v) is 3.21. The molecule has 0 bridgehead atoms. The average Bonchev–Trinajstić information content (AvgIpc) is 3.09. The first kappa shape index (κ1) is 9.73. The first-order chi connectivity index (χ1) is 7.70. The average molecular weight is 218 g/mol. The van der Waals surface area contributed by atoms with Crippen LogP contribution in [0.15, 0.2) is 35.7 Å². The summed E-state index contributed by atoms with van der Waals surface area (Å²) in [4.78, 5) is 11.9. The number of Topliss-reactive ketones (excluding diaryl/α,β-unsaturated/α-hetero) is 1. The van der Waals surface area contributed by atoms with Gasteiger partial charge in [0.15, 0.2) is 5.78 Å². The number of ketones is 1. The topological polar surface area (TPSA) is 37.3 Å². The minimum Gasteiger partial charge on any atom is -0.383 e. The van der Waals surface area contributed by atoms with Crippen molar-refractivity contribution >= 4 is 5.78 Å². The van der Waals surface area contributed by atoms with Crippen molar-refractivity contribution in [1.29, 1.82) is 0 Å². The van der Waals surface area contributed by atoms with Gasteiger partial charge >= 0.3 is 0 Å². The zero-order chi connectivity index (χ0) is 11.3. The number of fused-ring (bicyclic) bond motifs is 1. The summed E-state index contributed by atoms with van der Waals surface area (Å²) in [6, 6.07) is 6.77. The predicted molar refractivity (Wildman–Crippen MR) is 56.6 cm³/mol. The molecule has 1 saturated carbocycles. The Morgan fingerprint density at radius 2 is 2.00 bits per heavy atom. The van der Waals surface area contributed by atoms with Crippen LogP contribution in [-0.4, -0.2) is 10.9 Å². The van der Waals surface area contributed by atoms with Crippen LogP contribution in [0.25, 0.3) is 0 Å². The number of carbonyl (C=O) groups is 1. The number of aliphatic hydroxyl groups excluding tert-OH is 1. The molecule has 0 saturated heterocycles. The van der Waals surface area contributed by atoms with Gasteiger partial charge in [0, 0.05) is 11.5 Å². The van der Waals surface area contributed by atoms with Crippen LogP contribution in [0.5, 0.6) is 0 Å². The molecule has 3 rings (SSSR count). The van der Waals surface area contributed by atoms with Gasteiger partial charge in [0.05, 0.1) is 5.57 Å². The molecule has 1 atom stereocenters. The number of halogens is 1. The van der Waals surface area contributed by atoms with E-state index in [1.807, 2.05) is 0 Å². The van der Waals surface area contributed by atoms with E-state index < -0.39 is 11.9 Å². The molecule has 2 aliphatic carbocycles. The van der Waals surface area contributed by atoms with Gasteiger partial charge in [0.1, 0.15) is 11.9 Å². The normalized spacial score (nSPS) is 26.9. The van der Waals surface area contributed by atoms with E-state index in [1.165, 1.54) is 0 Å². The van der Waals surface area contributed by atoms with Crippen LogP contribution in [0.4, 0.5) is 4.39 Å². The number of hydrogen-bond acceptors (Lipinski definition) is 2. The highest BCUT2D eigenvalue weighted by Crippen LogP contribution is 2.45. The Kier molecular flexibility index (Phi) is 1.98. The molecule has 3 heteroatoms. The second-order valence-electron chi connectivity index (χ2n) is 4.35. The lowest BCUT2D eigenvalue weighted by Crippen LogP contribution is -2.03. The number of hydrogen-bond donors (Lipinski definition) is 1. The molecule has 0 radical (unpaired) electrons. The van der Waals surface area contributed by atoms with Crippen molar-refractivity contribution in [3.63, 3.8) is 0 Å². The highest BCUT2D eigenvalue weighted by atomic mass is 19.1. The van der Waals surface area contributed by atoms with Gasteiger partial charge in [0.25, 0.3) is 0 Å². The van der Waals surface area contributed by atoms with Crippen molar-refractivity contribution in [2.75, 3.05) is 0 Å². The molecule has 0 heterocycles. The lowest BCUT2D eigenvalue weighted by atomic mass is 10.1. The van der Waals surface area contributed by atoms with Crippen molar-refractivity contribution in [3.8, 4) is 0 Å². The second-order valence-corrected chi connectivity index (χ2v) is 4.35. The maximum absolute atomic E-state index is 13.9. The second kappa shape index (κ2) is 3.25. The summed E-state index contributed by atoms with van der Waals surface area (Å²) in [5, 5.41) is 9.94. The Bertz CT molecular complexity index is 500. The smallest absolute Gasteiger partial charge is 0.194 e. The lowest BCUT2D eigenvalue weighted by Gasteiger charge is -2.05. The van der Waals surface area contributed by atoms with Crippen LogP contribution in [0.2, 0.25) is 0 Å². The zero-order valence-corrected chi connectivity index (χ0v) is 8.61. The molecule has 1 aromatic carbocycles. The van der Waals surface area contributed by atoms with Crippen LogP contribution in [0, 0.1) is 5.92 Å². The first-order valence-corrected chi connectivity index (χ1v) is 5.41. The van der Waals surface area contributed by atoms with Crippen molar-refractivity contribution in [2.24, 2.45) is 5.92 Å². The molecule has 1 N–H and O–H groups in total. The van der Waals surface area contributed by atoms with E-state index in [0.717, 1.165) is 12.8 Å². The van der Waals surface area contributed by atoms with E-state index in [4.69, 9.17) is 0 Å². The Labute approximate surface area is 92.4 Å². The Hall–Kier alpha value is -1.48. The van der Waals surface area contributed by atoms with Gasteiger partial charge in [-0.05, 0) is 18.4 Å². The van der Waals surface area contributed by atoms with Crippen LogP contribution < -0.4 is 0 Å². The van der Waals surface area contributed by atoms with Gasteiger partial charge in [-0.2, -0.15) is 0 Å². The Balaban J connectivity index is 2.14. The van der Waals surface area contributed by atoms with Crippen LogP contribution in [0.1, 0.15) is 34.9 Å². The summed E-state index contributed by atoms with van der Waals surface area (Å²) in [6.45, 7) is 0. The monoisotopic (exact) mass is 218 g/mol. The van der Waals surface area contributed by atoms with Gasteiger partial charge in [-0.3, -0.25) is 4.79 Å². The fraction of sp³-hybridized carbons (Fsp3) is 0.308. The van der Waals surface area contributed by atoms with Crippen LogP contribution in [-0.2, 0) is 0 Å². The predicted octanol–water partition coefficient (Wildman–Crippen LogP) is 2.55. The van der Waals surface area contributed by atoms with Crippen molar-refractivity contribution < 1.29 is 14.3 Å². The third kappa shape index (κ3) is 1.25. The van der Waals surface area contributed by atoms with E-state index in [1.54, 1.807) is 24.3 Å². The number of aliphatic hydroxyl groups is 1. The van der Waals surface area contributed by atoms with Gasteiger partial charge in [-0.25, -0.2) is 4.39 Å². The summed E-state index contributed by atoms with van der Waals surface area (Å²) in [6.07, 6.45) is 0.487. The molecule has 82 valence electrons. The van der Waals surface area contributed by atoms with Crippen molar-refractivity contribution in [3.05, 3.63) is 46.8 Å². The molecule has 2 nitrogen and oxygen atoms in total. The summed E-state index contributed by atoms with van der Waals surface area (Å²) in [7, 11) is 0. The number of carbonyl (C=O) groups excluding carboxylic acids is 1. The molecule has 16 heavy (non-hydrogen) atoms. The Morgan fingerprint density at radius 3 is 2.62 bits per heavy atom. The van der Waals surface area contributed by atoms with Gasteiger partial charge in [-0.15, -0.1) is 0 Å². The summed E-state index contributed by atoms with van der Waals surface area (Å²) < 4.78 is 13.9. The SMILES string of the molecule is O=C1/C(=C(/F)C2CC2)C(O)c2ccccc21. The van der Waals surface area contributed by atoms with Gasteiger partial charge in [0.2, 0.25) is 0 Å². The largest absolute Gasteiger partial charge is 0.383 e. The fourth-order valence-electron chi connectivity index (χ4n) is 2.16. The van der Waals surface area contributed by atoms with Crippen LogP contribution >= 0.6 is 0 Å². The molecule has 0 spiro atoms. The molecule has 2 aliphatic rings. The molecule has 1 aromatic rings. The zero-order valence-electron chi connectivity index (χ0n) is 8.61. The third-order valence-electron chi connectivity index (χ3n) is 3.21. The number of rotatable bonds is 1. The standard InChI is InChI=1S/C13H11FO2/c14-11(7-5-6-7)10-12(15)8-3-1-2-4-9(8)13(10)16/h1-4,7,12,15H,5-6H2/b11-10+. The molecular formula is C13H11FO2. The van der Waals surface area contributed by atoms with Gasteiger partial charge < -0.3 is 5.11 Å². The van der Waals surface area contributed by atoms with E-state index >= 15 is 0 Å². The Morgan fingerprint density at radius 1 is 1.31 bits per heavy atom. The summed E-state index contributed by atoms with van der Waals surface area (Å²) in [5.74, 6) is -0.899. The number of allylic oxidation sites excluding steroid dienone is 1. The van der Waals surface area contributed by atoms with Crippen molar-refractivity contribution in [2.45, 2.75) is 18.9 Å². The molecule has 0 aromatic heterocycles. The molecule has 1 unspecified atom stereocenters. The van der Waals surface area contributed by atoms with E-state index in [2.05, 4.69) is 0 Å². The minimum absolute atomic E-state index is 0.0382. The summed E-state index contributed by atoms with van der Waals surface area (Å²) >= 11 is 0. The van der Waals surface area contributed by atoms with Gasteiger partial charge in [-0.1, -0.05) is 24.3 Å². The molecule has 0 aliphatic heterocycles. The maximum Gasteiger partial charge on any atom is 0.194 e. The molecule has 0 amide bonds. The molecule has 1 fully saturated rings. The first-order valence-electron chi connectivity index (χ1n) is 5.41. The maximum atomic E-state index is 13.9. The minimum atomic E-state index is -1.08. The highest BCUT2D eigenvalue weighted by molar-refractivity contribution is 6.14. The molecular weight excluding hydrogens is 207 g/mol. The van der Waals surface area contributed by atoms with E-state index in [-0.39, 0.29) is 17.3 Å². The number of benzene rings is 1. The van der Waals surface area contributed by atoms with E-state index in [0.29, 0.717) is 11.1 Å².